The molecule has 1 atom stereocenters. The third kappa shape index (κ3) is 3.04. The number of Topliss-reactive ketones (excluding diaryl/α,β-unsaturated/α-hetero) is 2. The van der Waals surface area contributed by atoms with Crippen LogP contribution in [0, 0.1) is 11.3 Å². The number of carbonyl (C=O) groups is 2. The molecule has 6 nitrogen and oxygen atoms in total. The molecule has 6 heteroatoms. The number of benzene rings is 3. The second-order valence-corrected chi connectivity index (χ2v) is 7.36. The minimum atomic E-state index is -0.854. The number of ether oxygens (including phenoxy) is 2. The molecular formula is C26H16N2O4. The van der Waals surface area contributed by atoms with Gasteiger partial charge in [0, 0.05) is 11.1 Å². The Balaban J connectivity index is 1.64. The molecule has 2 N–H and O–H groups in total. The number of para-hydroxylation sites is 1. The maximum atomic E-state index is 13.4. The number of allylic oxidation sites excluding steroid dienone is 3. The Kier molecular flexibility index (Phi) is 4.57. The summed E-state index contributed by atoms with van der Waals surface area (Å²) in [5, 5.41) is 9.82. The standard InChI is InChI=1S/C26H16N2O4/c27-14-20-21(15-7-6-10-17(13-15)31-16-8-2-1-3-9-16)22-23(29)18-11-4-5-12-19(18)24(30)25(22)32-26(20)28/h1-13,21H,28H2/t21-/m0/s1. The van der Waals surface area contributed by atoms with Gasteiger partial charge < -0.3 is 15.2 Å². The minimum absolute atomic E-state index is 0.0705. The van der Waals surface area contributed by atoms with E-state index in [9.17, 15) is 14.9 Å². The summed E-state index contributed by atoms with van der Waals surface area (Å²) in [7, 11) is 0. The molecule has 5 rings (SSSR count). The van der Waals surface area contributed by atoms with Crippen molar-refractivity contribution in [2.75, 3.05) is 0 Å². The molecule has 0 spiro atoms. The van der Waals surface area contributed by atoms with Gasteiger partial charge in [0.05, 0.1) is 11.5 Å². The summed E-state index contributed by atoms with van der Waals surface area (Å²) in [6, 6.07) is 24.9. The molecule has 154 valence electrons. The largest absolute Gasteiger partial charge is 0.457 e. The predicted octanol–water partition coefficient (Wildman–Crippen LogP) is 4.62. The Bertz CT molecular complexity index is 1380. The van der Waals surface area contributed by atoms with E-state index in [4.69, 9.17) is 15.2 Å². The number of ketones is 2. The van der Waals surface area contributed by atoms with Crippen LogP contribution in [0.5, 0.6) is 11.5 Å². The number of hydrogen-bond acceptors (Lipinski definition) is 6. The van der Waals surface area contributed by atoms with Gasteiger partial charge in [0.25, 0.3) is 0 Å². The molecule has 0 saturated heterocycles. The highest BCUT2D eigenvalue weighted by atomic mass is 16.5. The van der Waals surface area contributed by atoms with Gasteiger partial charge in [-0.05, 0) is 29.8 Å². The van der Waals surface area contributed by atoms with E-state index in [-0.39, 0.29) is 39.7 Å². The van der Waals surface area contributed by atoms with Gasteiger partial charge in [-0.25, -0.2) is 0 Å². The zero-order valence-electron chi connectivity index (χ0n) is 16.7. The lowest BCUT2D eigenvalue weighted by molar-refractivity contribution is 0.0897. The first-order valence-corrected chi connectivity index (χ1v) is 9.91. The minimum Gasteiger partial charge on any atom is -0.457 e. The van der Waals surface area contributed by atoms with Crippen molar-refractivity contribution in [3.05, 3.63) is 118 Å². The summed E-state index contributed by atoms with van der Waals surface area (Å²) in [4.78, 5) is 26.5. The van der Waals surface area contributed by atoms with E-state index in [2.05, 4.69) is 6.07 Å². The lowest BCUT2D eigenvalue weighted by Crippen LogP contribution is -2.32. The first kappa shape index (κ1) is 19.3. The van der Waals surface area contributed by atoms with Crippen LogP contribution >= 0.6 is 0 Å². The second-order valence-electron chi connectivity index (χ2n) is 7.36. The molecule has 0 unspecified atom stereocenters. The van der Waals surface area contributed by atoms with Crippen LogP contribution in [0.4, 0.5) is 0 Å². The Morgan fingerprint density at radius 2 is 1.50 bits per heavy atom. The van der Waals surface area contributed by atoms with Crippen molar-refractivity contribution in [2.45, 2.75) is 5.92 Å². The van der Waals surface area contributed by atoms with Gasteiger partial charge >= 0.3 is 0 Å². The van der Waals surface area contributed by atoms with Crippen LogP contribution < -0.4 is 10.5 Å². The maximum Gasteiger partial charge on any atom is 0.229 e. The molecule has 1 aliphatic heterocycles. The summed E-state index contributed by atoms with van der Waals surface area (Å²) < 4.78 is 11.4. The number of hydrogen-bond donors (Lipinski definition) is 1. The zero-order chi connectivity index (χ0) is 22.2. The van der Waals surface area contributed by atoms with Crippen LogP contribution in [0.2, 0.25) is 0 Å². The molecule has 2 aliphatic rings. The van der Waals surface area contributed by atoms with E-state index in [1.54, 1.807) is 48.5 Å². The normalized spacial score (nSPS) is 17.3. The van der Waals surface area contributed by atoms with Gasteiger partial charge in [-0.1, -0.05) is 54.6 Å². The average Bonchev–Trinajstić information content (AvgIpc) is 2.82. The fraction of sp³-hybridized carbons (Fsp3) is 0.0385. The van der Waals surface area contributed by atoms with Crippen LogP contribution in [0.3, 0.4) is 0 Å². The summed E-state index contributed by atoms with van der Waals surface area (Å²) in [6.07, 6.45) is 0. The van der Waals surface area contributed by atoms with Gasteiger partial charge in [-0.3, -0.25) is 9.59 Å². The van der Waals surface area contributed by atoms with Crippen molar-refractivity contribution in [3.8, 4) is 17.6 Å². The predicted molar refractivity (Wildman–Crippen MR) is 116 cm³/mol. The third-order valence-electron chi connectivity index (χ3n) is 5.46. The second kappa shape index (κ2) is 7.56. The van der Waals surface area contributed by atoms with E-state index in [0.29, 0.717) is 17.1 Å². The van der Waals surface area contributed by atoms with Gasteiger partial charge in [0.15, 0.2) is 11.5 Å². The lowest BCUT2D eigenvalue weighted by Gasteiger charge is -2.31. The Hall–Kier alpha value is -4.63. The SMILES string of the molecule is N#CC1=C(N)OC2=C(C(=O)c3ccccc3C2=O)[C@H]1c1cccc(Oc2ccccc2)c1. The van der Waals surface area contributed by atoms with Crippen LogP contribution in [0.25, 0.3) is 0 Å². The van der Waals surface area contributed by atoms with Crippen LogP contribution in [0.1, 0.15) is 32.2 Å². The van der Waals surface area contributed by atoms with Crippen LogP contribution in [-0.4, -0.2) is 11.6 Å². The Morgan fingerprint density at radius 3 is 2.22 bits per heavy atom. The Labute approximate surface area is 183 Å². The number of nitrogens with two attached hydrogens (primary N) is 1. The van der Waals surface area contributed by atoms with Crippen molar-refractivity contribution in [1.82, 2.24) is 0 Å². The molecule has 1 heterocycles. The first-order chi connectivity index (χ1) is 15.6. The van der Waals surface area contributed by atoms with E-state index in [0.717, 1.165) is 0 Å². The number of nitriles is 1. The Morgan fingerprint density at radius 1 is 0.844 bits per heavy atom. The molecular weight excluding hydrogens is 404 g/mol. The number of rotatable bonds is 3. The number of nitrogens with zero attached hydrogens (tertiary/aromatic N) is 1. The van der Waals surface area contributed by atoms with Gasteiger partial charge in [-0.15, -0.1) is 0 Å². The molecule has 3 aromatic rings. The van der Waals surface area contributed by atoms with E-state index in [1.165, 1.54) is 0 Å². The average molecular weight is 420 g/mol. The quantitative estimate of drug-likeness (QED) is 0.663. The lowest BCUT2D eigenvalue weighted by atomic mass is 9.75. The molecule has 0 bridgehead atoms. The molecule has 0 saturated carbocycles. The molecule has 0 fully saturated rings. The van der Waals surface area contributed by atoms with Crippen LogP contribution in [-0.2, 0) is 4.74 Å². The highest BCUT2D eigenvalue weighted by molar-refractivity contribution is 6.27. The topological polar surface area (TPSA) is 102 Å². The summed E-state index contributed by atoms with van der Waals surface area (Å²) in [5.41, 5.74) is 7.32. The highest BCUT2D eigenvalue weighted by Gasteiger charge is 2.43. The van der Waals surface area contributed by atoms with E-state index >= 15 is 0 Å². The van der Waals surface area contributed by atoms with Crippen molar-refractivity contribution in [2.24, 2.45) is 5.73 Å². The zero-order valence-corrected chi connectivity index (χ0v) is 16.7. The molecule has 0 aromatic heterocycles. The monoisotopic (exact) mass is 420 g/mol. The maximum absolute atomic E-state index is 13.4. The summed E-state index contributed by atoms with van der Waals surface area (Å²) in [5.74, 6) is -0.812. The van der Waals surface area contributed by atoms with Crippen molar-refractivity contribution in [3.63, 3.8) is 0 Å². The molecule has 0 radical (unpaired) electrons. The van der Waals surface area contributed by atoms with Crippen molar-refractivity contribution < 1.29 is 19.1 Å². The fourth-order valence-electron chi connectivity index (χ4n) is 4.02. The molecule has 3 aromatic carbocycles. The van der Waals surface area contributed by atoms with Crippen LogP contribution in [0.15, 0.2) is 102 Å². The highest BCUT2D eigenvalue weighted by Crippen LogP contribution is 2.44. The van der Waals surface area contributed by atoms with E-state index in [1.807, 2.05) is 30.3 Å². The third-order valence-corrected chi connectivity index (χ3v) is 5.46. The molecule has 32 heavy (non-hydrogen) atoms. The van der Waals surface area contributed by atoms with Crippen molar-refractivity contribution in [1.29, 1.82) is 5.26 Å². The van der Waals surface area contributed by atoms with Gasteiger partial charge in [-0.2, -0.15) is 5.26 Å². The fourth-order valence-corrected chi connectivity index (χ4v) is 4.02. The number of fused-ring (bicyclic) bond motifs is 1. The first-order valence-electron chi connectivity index (χ1n) is 9.91. The van der Waals surface area contributed by atoms with Gasteiger partial charge in [0.1, 0.15) is 23.1 Å². The molecule has 0 amide bonds. The van der Waals surface area contributed by atoms with Crippen molar-refractivity contribution >= 4 is 11.6 Å². The van der Waals surface area contributed by atoms with E-state index < -0.39 is 11.7 Å². The smallest absolute Gasteiger partial charge is 0.229 e. The van der Waals surface area contributed by atoms with Gasteiger partial charge in [0.2, 0.25) is 11.7 Å². The summed E-state index contributed by atoms with van der Waals surface area (Å²) >= 11 is 0. The number of carbonyl (C=O) groups excluding carboxylic acids is 2. The molecule has 1 aliphatic carbocycles. The summed E-state index contributed by atoms with van der Waals surface area (Å²) in [6.45, 7) is 0.